The summed E-state index contributed by atoms with van der Waals surface area (Å²) in [6.07, 6.45) is 0. The number of benzene rings is 1. The van der Waals surface area contributed by atoms with E-state index in [0.717, 1.165) is 5.56 Å². The highest BCUT2D eigenvalue weighted by Gasteiger charge is 2.20. The number of alkyl halides is 1. The van der Waals surface area contributed by atoms with E-state index in [-0.39, 0.29) is 24.0 Å². The molecule has 0 unspecified atom stereocenters. The Labute approximate surface area is 134 Å². The van der Waals surface area contributed by atoms with Crippen molar-refractivity contribution in [2.24, 2.45) is 0 Å². The van der Waals surface area contributed by atoms with Crippen LogP contribution in [0.3, 0.4) is 0 Å². The quantitative estimate of drug-likeness (QED) is 0.594. The minimum absolute atomic E-state index is 0.0694. The number of esters is 1. The molecule has 0 saturated heterocycles. The minimum Gasteiger partial charge on any atom is -0.461 e. The van der Waals surface area contributed by atoms with Crippen molar-refractivity contribution >= 4 is 33.5 Å². The summed E-state index contributed by atoms with van der Waals surface area (Å²) in [6.45, 7) is 2.27. The van der Waals surface area contributed by atoms with Crippen molar-refractivity contribution in [2.75, 3.05) is 6.61 Å². The monoisotopic (exact) mass is 375 g/mol. The third kappa shape index (κ3) is 3.59. The highest BCUT2D eigenvalue weighted by atomic mass is 79.9. The Hall–Kier alpha value is -1.47. The third-order valence-electron chi connectivity index (χ3n) is 2.77. The molecule has 21 heavy (non-hydrogen) atoms. The number of ether oxygens (including phenoxy) is 1. The van der Waals surface area contributed by atoms with Crippen LogP contribution in [-0.4, -0.2) is 27.6 Å². The van der Waals surface area contributed by atoms with Gasteiger partial charge in [-0.05, 0) is 24.6 Å². The molecule has 1 aromatic heterocycles. The number of hydrogen-bond acceptors (Lipinski definition) is 4. The van der Waals surface area contributed by atoms with Gasteiger partial charge in [-0.1, -0.05) is 27.2 Å². The Morgan fingerprint density at radius 3 is 2.90 bits per heavy atom. The van der Waals surface area contributed by atoms with Crippen LogP contribution in [0, 0.1) is 5.82 Å². The van der Waals surface area contributed by atoms with Crippen LogP contribution >= 0.6 is 27.5 Å². The van der Waals surface area contributed by atoms with Gasteiger partial charge in [-0.15, -0.1) is 16.7 Å². The van der Waals surface area contributed by atoms with Gasteiger partial charge in [-0.3, -0.25) is 0 Å². The van der Waals surface area contributed by atoms with Crippen molar-refractivity contribution in [3.05, 3.63) is 45.4 Å². The summed E-state index contributed by atoms with van der Waals surface area (Å²) in [7, 11) is 0. The van der Waals surface area contributed by atoms with Crippen molar-refractivity contribution in [3.8, 4) is 0 Å². The van der Waals surface area contributed by atoms with Gasteiger partial charge in [-0.25, -0.2) is 13.9 Å². The molecule has 0 bridgehead atoms. The van der Waals surface area contributed by atoms with Crippen LogP contribution in [0.4, 0.5) is 4.39 Å². The molecule has 0 spiro atoms. The average molecular weight is 377 g/mol. The van der Waals surface area contributed by atoms with Crippen LogP contribution in [0.15, 0.2) is 22.7 Å². The molecule has 1 heterocycles. The van der Waals surface area contributed by atoms with Gasteiger partial charge in [0.25, 0.3) is 0 Å². The molecule has 2 rings (SSSR count). The molecule has 0 radical (unpaired) electrons. The number of halogens is 3. The Morgan fingerprint density at radius 2 is 2.29 bits per heavy atom. The topological polar surface area (TPSA) is 57.0 Å². The number of hydrogen-bond donors (Lipinski definition) is 0. The molecule has 0 fully saturated rings. The maximum absolute atomic E-state index is 13.1. The fourth-order valence-electron chi connectivity index (χ4n) is 1.76. The molecular weight excluding hydrogens is 365 g/mol. The molecule has 5 nitrogen and oxygen atoms in total. The lowest BCUT2D eigenvalue weighted by atomic mass is 10.2. The van der Waals surface area contributed by atoms with Gasteiger partial charge in [0.15, 0.2) is 5.69 Å². The zero-order valence-corrected chi connectivity index (χ0v) is 13.5. The third-order valence-corrected chi connectivity index (χ3v) is 3.76. The first kappa shape index (κ1) is 15.9. The van der Waals surface area contributed by atoms with E-state index in [9.17, 15) is 9.18 Å². The molecule has 112 valence electrons. The van der Waals surface area contributed by atoms with Gasteiger partial charge in [0, 0.05) is 4.47 Å². The highest BCUT2D eigenvalue weighted by molar-refractivity contribution is 9.10. The number of nitrogens with zero attached hydrogens (tertiary/aromatic N) is 3. The predicted molar refractivity (Wildman–Crippen MR) is 78.7 cm³/mol. The Kier molecular flexibility index (Phi) is 5.30. The molecule has 0 atom stereocenters. The zero-order valence-electron chi connectivity index (χ0n) is 11.1. The Bertz CT molecular complexity index is 663. The number of rotatable bonds is 5. The molecule has 2 aromatic rings. The summed E-state index contributed by atoms with van der Waals surface area (Å²) in [5, 5.41) is 7.73. The summed E-state index contributed by atoms with van der Waals surface area (Å²) >= 11 is 9.16. The maximum atomic E-state index is 13.1. The first-order valence-corrected chi connectivity index (χ1v) is 7.49. The van der Waals surface area contributed by atoms with E-state index in [1.807, 2.05) is 0 Å². The first-order valence-electron chi connectivity index (χ1n) is 6.16. The average Bonchev–Trinajstić information content (AvgIpc) is 2.85. The second-order valence-corrected chi connectivity index (χ2v) is 5.25. The molecule has 0 N–H and O–H groups in total. The Balaban J connectivity index is 2.30. The van der Waals surface area contributed by atoms with Gasteiger partial charge >= 0.3 is 5.97 Å². The molecule has 0 saturated carbocycles. The van der Waals surface area contributed by atoms with E-state index < -0.39 is 5.97 Å². The fraction of sp³-hybridized carbons (Fsp3) is 0.308. The molecule has 0 aliphatic heterocycles. The van der Waals surface area contributed by atoms with Gasteiger partial charge < -0.3 is 4.74 Å². The van der Waals surface area contributed by atoms with Crippen LogP contribution in [0.1, 0.15) is 28.7 Å². The van der Waals surface area contributed by atoms with E-state index in [1.54, 1.807) is 13.0 Å². The first-order chi connectivity index (χ1) is 10.1. The lowest BCUT2D eigenvalue weighted by molar-refractivity contribution is 0.0518. The van der Waals surface area contributed by atoms with Crippen molar-refractivity contribution < 1.29 is 13.9 Å². The number of aromatic nitrogens is 3. The molecule has 0 aliphatic rings. The highest BCUT2D eigenvalue weighted by Crippen LogP contribution is 2.20. The van der Waals surface area contributed by atoms with E-state index >= 15 is 0 Å². The second kappa shape index (κ2) is 7.00. The van der Waals surface area contributed by atoms with E-state index in [1.165, 1.54) is 16.8 Å². The van der Waals surface area contributed by atoms with E-state index in [0.29, 0.717) is 16.7 Å². The van der Waals surface area contributed by atoms with Crippen LogP contribution in [0.5, 0.6) is 0 Å². The van der Waals surface area contributed by atoms with Crippen LogP contribution < -0.4 is 0 Å². The molecule has 0 aliphatic carbocycles. The van der Waals surface area contributed by atoms with Gasteiger partial charge in [0.1, 0.15) is 5.82 Å². The van der Waals surface area contributed by atoms with Crippen molar-refractivity contribution in [2.45, 2.75) is 19.3 Å². The predicted octanol–water partition coefficient (Wildman–Crippen LogP) is 3.14. The smallest absolute Gasteiger partial charge is 0.360 e. The van der Waals surface area contributed by atoms with Crippen molar-refractivity contribution in [1.29, 1.82) is 0 Å². The fourth-order valence-corrected chi connectivity index (χ4v) is 2.50. The SMILES string of the molecule is CCOC(=O)c1nnn(Cc2ccc(F)cc2Br)c1CCl. The Morgan fingerprint density at radius 1 is 1.52 bits per heavy atom. The van der Waals surface area contributed by atoms with Gasteiger partial charge in [0.05, 0.1) is 24.7 Å². The summed E-state index contributed by atoms with van der Waals surface area (Å²) < 4.78 is 20.1. The van der Waals surface area contributed by atoms with Crippen LogP contribution in [-0.2, 0) is 17.2 Å². The minimum atomic E-state index is -0.558. The lowest BCUT2D eigenvalue weighted by Gasteiger charge is -2.07. The number of carbonyl (C=O) groups is 1. The van der Waals surface area contributed by atoms with Crippen LogP contribution in [0.2, 0.25) is 0 Å². The maximum Gasteiger partial charge on any atom is 0.360 e. The molecule has 0 amide bonds. The number of carbonyl (C=O) groups excluding carboxylic acids is 1. The van der Waals surface area contributed by atoms with E-state index in [2.05, 4.69) is 26.2 Å². The summed E-state index contributed by atoms with van der Waals surface area (Å²) in [5.41, 5.74) is 1.36. The largest absolute Gasteiger partial charge is 0.461 e. The van der Waals surface area contributed by atoms with Gasteiger partial charge in [0.2, 0.25) is 0 Å². The lowest BCUT2D eigenvalue weighted by Crippen LogP contribution is -2.10. The standard InChI is InChI=1S/C13H12BrClFN3O2/c1-2-21-13(20)12-11(6-15)19(18-17-12)7-8-3-4-9(16)5-10(8)14/h3-5H,2,6-7H2,1H3. The summed E-state index contributed by atoms with van der Waals surface area (Å²) in [6, 6.07) is 4.34. The normalized spacial score (nSPS) is 10.7. The van der Waals surface area contributed by atoms with Gasteiger partial charge in [-0.2, -0.15) is 0 Å². The van der Waals surface area contributed by atoms with Crippen LogP contribution in [0.25, 0.3) is 0 Å². The molecular formula is C13H12BrClFN3O2. The molecule has 8 heteroatoms. The second-order valence-electron chi connectivity index (χ2n) is 4.13. The summed E-state index contributed by atoms with van der Waals surface area (Å²) in [4.78, 5) is 11.7. The molecule has 1 aromatic carbocycles. The summed E-state index contributed by atoms with van der Waals surface area (Å²) in [5.74, 6) is -0.827. The van der Waals surface area contributed by atoms with E-state index in [4.69, 9.17) is 16.3 Å². The zero-order chi connectivity index (χ0) is 15.4. The van der Waals surface area contributed by atoms with Crippen molar-refractivity contribution in [3.63, 3.8) is 0 Å². The van der Waals surface area contributed by atoms with Crippen molar-refractivity contribution in [1.82, 2.24) is 15.0 Å².